The van der Waals surface area contributed by atoms with E-state index in [9.17, 15) is 8.78 Å². The average molecular weight is 664 g/mol. The van der Waals surface area contributed by atoms with Gasteiger partial charge in [-0.3, -0.25) is 10.2 Å². The Kier molecular flexibility index (Phi) is 9.63. The predicted molar refractivity (Wildman–Crippen MR) is 181 cm³/mol. The van der Waals surface area contributed by atoms with Crippen molar-refractivity contribution in [3.63, 3.8) is 0 Å². The molecular weight excluding hydrogens is 622 g/mol. The lowest BCUT2D eigenvalue weighted by atomic mass is 9.93. The minimum atomic E-state index is -1.62. The van der Waals surface area contributed by atoms with Crippen LogP contribution in [0, 0.1) is 29.9 Å². The van der Waals surface area contributed by atoms with Gasteiger partial charge in [-0.2, -0.15) is 9.97 Å². The number of nitrogens with zero attached hydrogens (tertiary/aromatic N) is 4. The van der Waals surface area contributed by atoms with Gasteiger partial charge in [-0.15, -0.1) is 6.42 Å². The highest BCUT2D eigenvalue weighted by Gasteiger charge is 2.45. The van der Waals surface area contributed by atoms with Gasteiger partial charge in [0.15, 0.2) is 18.4 Å². The number of pyridine rings is 1. The summed E-state index contributed by atoms with van der Waals surface area (Å²) in [6.07, 6.45) is 7.64. The molecule has 0 spiro atoms. The maximum atomic E-state index is 16.9. The van der Waals surface area contributed by atoms with E-state index in [1.165, 1.54) is 18.2 Å². The monoisotopic (exact) mass is 663 g/mol. The normalized spacial score (nSPS) is 17.8. The van der Waals surface area contributed by atoms with E-state index in [2.05, 4.69) is 26.1 Å². The second-order valence-corrected chi connectivity index (χ2v) is 12.9. The van der Waals surface area contributed by atoms with Crippen LogP contribution in [0.4, 0.5) is 29.1 Å². The highest BCUT2D eigenvalue weighted by Crippen LogP contribution is 2.41. The molecule has 2 fully saturated rings. The van der Waals surface area contributed by atoms with Crippen LogP contribution < -0.4 is 21.5 Å². The minimum absolute atomic E-state index is 0.0410. The second kappa shape index (κ2) is 13.7. The zero-order valence-corrected chi connectivity index (χ0v) is 27.3. The molecule has 0 bridgehead atoms. The third-order valence-corrected chi connectivity index (χ3v) is 10.0. The first-order valence-electron chi connectivity index (χ1n) is 16.7. The Morgan fingerprint density at radius 1 is 1.04 bits per heavy atom. The zero-order valence-electron chi connectivity index (χ0n) is 27.3. The summed E-state index contributed by atoms with van der Waals surface area (Å²) in [5, 5.41) is 3.29. The van der Waals surface area contributed by atoms with Gasteiger partial charge in [-0.05, 0) is 88.0 Å². The molecule has 4 aromatic rings. The number of aryl methyl sites for hydroxylation is 1. The van der Waals surface area contributed by atoms with Crippen molar-refractivity contribution in [2.75, 3.05) is 31.2 Å². The van der Waals surface area contributed by atoms with Crippen molar-refractivity contribution in [1.29, 1.82) is 0 Å². The quantitative estimate of drug-likeness (QED) is 0.0655. The SMILES string of the molecule is C#Cc1c(F)ccc2cc(N)cc(-c3nc(CCC(CC)C(F)NC(F)CC)c4c(N)nc(OCC56CCCN5CCC6)nc4c3F)c12. The first kappa shape index (κ1) is 33.7. The van der Waals surface area contributed by atoms with E-state index < -0.39 is 30.1 Å². The van der Waals surface area contributed by atoms with Gasteiger partial charge in [0.1, 0.15) is 29.5 Å². The molecule has 2 aromatic carbocycles. The summed E-state index contributed by atoms with van der Waals surface area (Å²) >= 11 is 0. The van der Waals surface area contributed by atoms with E-state index in [0.717, 1.165) is 38.8 Å². The molecular formula is C36H41F4N7O. The molecule has 2 aromatic heterocycles. The number of anilines is 2. The third kappa shape index (κ3) is 6.21. The molecule has 2 aliphatic rings. The molecule has 0 saturated carbocycles. The second-order valence-electron chi connectivity index (χ2n) is 12.9. The Hall–Kier alpha value is -4.21. The molecule has 48 heavy (non-hydrogen) atoms. The average Bonchev–Trinajstić information content (AvgIpc) is 3.65. The number of ether oxygens (including phenoxy) is 1. The third-order valence-electron chi connectivity index (χ3n) is 10.0. The van der Waals surface area contributed by atoms with Crippen molar-refractivity contribution >= 4 is 33.2 Å². The number of hydrogen-bond donors (Lipinski definition) is 3. The van der Waals surface area contributed by atoms with Crippen LogP contribution in [0.5, 0.6) is 6.01 Å². The Labute approximate surface area is 277 Å². The fraction of sp³-hybridized carbons (Fsp3) is 0.472. The highest BCUT2D eigenvalue weighted by molar-refractivity contribution is 6.04. The smallest absolute Gasteiger partial charge is 0.319 e. The summed E-state index contributed by atoms with van der Waals surface area (Å²) in [4.78, 5) is 16.1. The topological polar surface area (TPSA) is 115 Å². The lowest BCUT2D eigenvalue weighted by Crippen LogP contribution is -2.43. The summed E-state index contributed by atoms with van der Waals surface area (Å²) in [7, 11) is 0. The van der Waals surface area contributed by atoms with Crippen LogP contribution in [0.1, 0.15) is 70.1 Å². The Morgan fingerprint density at radius 3 is 2.48 bits per heavy atom. The van der Waals surface area contributed by atoms with Crippen LogP contribution in [0.15, 0.2) is 24.3 Å². The van der Waals surface area contributed by atoms with Crippen molar-refractivity contribution in [2.24, 2.45) is 5.92 Å². The number of nitrogens with two attached hydrogens (primary N) is 2. The van der Waals surface area contributed by atoms with Gasteiger partial charge in [0.05, 0.1) is 22.2 Å². The standard InChI is InChI=1S/C36H41F4N7O/c1-4-20(33(40)44-27(38)6-3)10-12-26-29-32(45-35(46-34(29)42)48-19-36-13-7-15-47(36)16-8-14-36)30(39)31(43-26)24-18-22(41)17-21-9-11-25(37)23(5-2)28(21)24/h2,9,11,17-18,20,27,33,44H,4,6-8,10,12-16,19,41H2,1,3H3,(H2,42,45,46). The maximum absolute atomic E-state index is 16.9. The molecule has 6 rings (SSSR count). The largest absolute Gasteiger partial charge is 0.461 e. The van der Waals surface area contributed by atoms with Crippen molar-refractivity contribution in [2.45, 2.75) is 83.3 Å². The van der Waals surface area contributed by atoms with Gasteiger partial charge >= 0.3 is 6.01 Å². The van der Waals surface area contributed by atoms with E-state index in [0.29, 0.717) is 24.1 Å². The molecule has 4 heterocycles. The van der Waals surface area contributed by atoms with Crippen LogP contribution in [0.2, 0.25) is 0 Å². The molecule has 2 saturated heterocycles. The molecule has 3 atom stereocenters. The van der Waals surface area contributed by atoms with Gasteiger partial charge in [0.2, 0.25) is 0 Å². The van der Waals surface area contributed by atoms with Crippen LogP contribution in [-0.4, -0.2) is 57.7 Å². The molecule has 0 radical (unpaired) electrons. The lowest BCUT2D eigenvalue weighted by molar-refractivity contribution is 0.108. The number of hydrogen-bond acceptors (Lipinski definition) is 8. The Bertz CT molecular complexity index is 1870. The Morgan fingerprint density at radius 2 is 1.79 bits per heavy atom. The molecule has 3 unspecified atom stereocenters. The van der Waals surface area contributed by atoms with Crippen molar-refractivity contribution in [3.05, 3.63) is 47.2 Å². The van der Waals surface area contributed by atoms with E-state index in [4.69, 9.17) is 27.6 Å². The summed E-state index contributed by atoms with van der Waals surface area (Å²) in [5.41, 5.74) is 13.0. The lowest BCUT2D eigenvalue weighted by Gasteiger charge is -2.31. The van der Waals surface area contributed by atoms with Crippen LogP contribution >= 0.6 is 0 Å². The number of halogens is 4. The number of rotatable bonds is 12. The summed E-state index contributed by atoms with van der Waals surface area (Å²) in [5.74, 6) is 0.266. The number of aromatic nitrogens is 3. The number of terminal acetylenes is 1. The fourth-order valence-corrected chi connectivity index (χ4v) is 7.43. The molecule has 0 amide bonds. The van der Waals surface area contributed by atoms with Crippen LogP contribution in [0.25, 0.3) is 32.9 Å². The molecule has 0 aliphatic carbocycles. The van der Waals surface area contributed by atoms with Crippen LogP contribution in [-0.2, 0) is 6.42 Å². The number of fused-ring (bicyclic) bond motifs is 3. The molecule has 2 aliphatic heterocycles. The molecule has 8 nitrogen and oxygen atoms in total. The fourth-order valence-electron chi connectivity index (χ4n) is 7.43. The van der Waals surface area contributed by atoms with E-state index in [-0.39, 0.29) is 75.4 Å². The maximum Gasteiger partial charge on any atom is 0.319 e. The first-order valence-corrected chi connectivity index (χ1v) is 16.7. The molecule has 5 N–H and O–H groups in total. The number of nitrogens with one attached hydrogen (secondary N) is 1. The number of alkyl halides is 2. The number of nitrogen functional groups attached to an aromatic ring is 2. The van der Waals surface area contributed by atoms with E-state index >= 15 is 8.78 Å². The van der Waals surface area contributed by atoms with Gasteiger partial charge in [0.25, 0.3) is 0 Å². The highest BCUT2D eigenvalue weighted by atomic mass is 19.2. The summed E-state index contributed by atoms with van der Waals surface area (Å²) in [6, 6.07) is 5.78. The van der Waals surface area contributed by atoms with Gasteiger partial charge < -0.3 is 16.2 Å². The van der Waals surface area contributed by atoms with Crippen LogP contribution in [0.3, 0.4) is 0 Å². The Balaban J connectivity index is 1.48. The van der Waals surface area contributed by atoms with E-state index in [1.54, 1.807) is 13.0 Å². The first-order chi connectivity index (χ1) is 23.1. The predicted octanol–water partition coefficient (Wildman–Crippen LogP) is 6.83. The number of benzene rings is 2. The molecule has 12 heteroatoms. The van der Waals surface area contributed by atoms with E-state index in [1.807, 2.05) is 6.92 Å². The zero-order chi connectivity index (χ0) is 34.2. The van der Waals surface area contributed by atoms with Crippen molar-refractivity contribution < 1.29 is 22.3 Å². The van der Waals surface area contributed by atoms with Crippen molar-refractivity contribution in [1.82, 2.24) is 25.2 Å². The summed E-state index contributed by atoms with van der Waals surface area (Å²) in [6.45, 7) is 5.78. The van der Waals surface area contributed by atoms with Crippen molar-refractivity contribution in [3.8, 4) is 29.6 Å². The van der Waals surface area contributed by atoms with Gasteiger partial charge in [-0.25, -0.2) is 22.5 Å². The summed E-state index contributed by atoms with van der Waals surface area (Å²) < 4.78 is 67.1. The minimum Gasteiger partial charge on any atom is -0.461 e. The van der Waals surface area contributed by atoms with Gasteiger partial charge in [0, 0.05) is 22.6 Å². The van der Waals surface area contributed by atoms with Gasteiger partial charge in [-0.1, -0.05) is 25.8 Å². The molecule has 254 valence electrons.